The third kappa shape index (κ3) is 6.38. The number of hydrogen-bond acceptors (Lipinski definition) is 0. The zero-order valence-corrected chi connectivity index (χ0v) is 15.4. The Kier molecular flexibility index (Phi) is 7.91. The Balaban J connectivity index is 1.96. The van der Waals surface area contributed by atoms with Gasteiger partial charge in [0.15, 0.2) is 0 Å². The van der Waals surface area contributed by atoms with Gasteiger partial charge in [0.05, 0.1) is 0 Å². The first kappa shape index (κ1) is 19.7. The lowest BCUT2D eigenvalue weighted by atomic mass is 10.1. The maximum Gasteiger partial charge on any atom is 0.203 e. The van der Waals surface area contributed by atoms with E-state index in [1.807, 2.05) is 48.5 Å². The van der Waals surface area contributed by atoms with Gasteiger partial charge in [0.1, 0.15) is 0 Å². The summed E-state index contributed by atoms with van der Waals surface area (Å²) in [4.78, 5) is 0. The molecule has 2 atom stereocenters. The molecular weight excluding hydrogens is 326 g/mol. The summed E-state index contributed by atoms with van der Waals surface area (Å²) in [5, 5.41) is 0. The van der Waals surface area contributed by atoms with Gasteiger partial charge in [0.2, 0.25) is 12.3 Å². The Morgan fingerprint density at radius 1 is 0.654 bits per heavy atom. The van der Waals surface area contributed by atoms with Gasteiger partial charge in [-0.15, -0.1) is 0 Å². The Bertz CT molecular complexity index is 724. The zero-order chi connectivity index (χ0) is 18.8. The summed E-state index contributed by atoms with van der Waals surface area (Å²) < 4.78 is 27.8. The minimum atomic E-state index is -1.92. The number of aryl methyl sites for hydroxylation is 2. The molecule has 2 unspecified atom stereocenters. The van der Waals surface area contributed by atoms with Crippen LogP contribution in [0, 0.1) is 23.7 Å². The van der Waals surface area contributed by atoms with Crippen molar-refractivity contribution in [2.75, 3.05) is 0 Å². The van der Waals surface area contributed by atoms with Gasteiger partial charge >= 0.3 is 0 Å². The SMILES string of the molecule is CCCc1ccc(C#CC(F)C(F)C#Cc2ccc(CCC)cc2)cc1. The van der Waals surface area contributed by atoms with Crippen molar-refractivity contribution in [1.29, 1.82) is 0 Å². The van der Waals surface area contributed by atoms with E-state index >= 15 is 0 Å². The van der Waals surface area contributed by atoms with Crippen LogP contribution in [-0.4, -0.2) is 12.3 Å². The highest BCUT2D eigenvalue weighted by Crippen LogP contribution is 2.08. The maximum absolute atomic E-state index is 13.9. The number of halogens is 2. The van der Waals surface area contributed by atoms with Gasteiger partial charge in [-0.25, -0.2) is 8.78 Å². The van der Waals surface area contributed by atoms with Crippen LogP contribution < -0.4 is 0 Å². The van der Waals surface area contributed by atoms with Crippen molar-refractivity contribution in [3.63, 3.8) is 0 Å². The lowest BCUT2D eigenvalue weighted by Crippen LogP contribution is -2.12. The summed E-state index contributed by atoms with van der Waals surface area (Å²) in [7, 11) is 0. The van der Waals surface area contributed by atoms with Crippen molar-refractivity contribution < 1.29 is 8.78 Å². The highest BCUT2D eigenvalue weighted by molar-refractivity contribution is 5.39. The molecule has 2 aromatic rings. The number of hydrogen-bond donors (Lipinski definition) is 0. The Morgan fingerprint density at radius 3 is 1.31 bits per heavy atom. The summed E-state index contributed by atoms with van der Waals surface area (Å²) >= 11 is 0. The summed E-state index contributed by atoms with van der Waals surface area (Å²) in [5.41, 5.74) is 3.79. The van der Waals surface area contributed by atoms with Gasteiger partial charge in [0.25, 0.3) is 0 Å². The van der Waals surface area contributed by atoms with Crippen LogP contribution in [0.5, 0.6) is 0 Å². The van der Waals surface area contributed by atoms with E-state index in [1.165, 1.54) is 11.1 Å². The third-order valence-electron chi connectivity index (χ3n) is 3.95. The van der Waals surface area contributed by atoms with Crippen LogP contribution in [0.2, 0.25) is 0 Å². The maximum atomic E-state index is 13.9. The van der Waals surface area contributed by atoms with E-state index in [1.54, 1.807) is 0 Å². The first-order valence-corrected chi connectivity index (χ1v) is 9.11. The van der Waals surface area contributed by atoms with E-state index in [0.29, 0.717) is 11.1 Å². The fourth-order valence-corrected chi connectivity index (χ4v) is 2.54. The molecule has 0 spiro atoms. The highest BCUT2D eigenvalue weighted by Gasteiger charge is 2.14. The standard InChI is InChI=1S/C24H24F2/c1-3-5-19-7-11-21(12-8-19)15-17-23(25)24(26)18-16-22-13-9-20(6-4-2)10-14-22/h7-14,23-24H,3-6H2,1-2H3. The van der Waals surface area contributed by atoms with Crippen molar-refractivity contribution in [3.05, 3.63) is 70.8 Å². The summed E-state index contributed by atoms with van der Waals surface area (Å²) in [5.74, 6) is 10.00. The van der Waals surface area contributed by atoms with E-state index in [4.69, 9.17) is 0 Å². The van der Waals surface area contributed by atoms with Crippen LogP contribution in [0.15, 0.2) is 48.5 Å². The molecule has 0 amide bonds. The van der Waals surface area contributed by atoms with E-state index in [2.05, 4.69) is 37.5 Å². The monoisotopic (exact) mass is 350 g/mol. The van der Waals surface area contributed by atoms with Crippen LogP contribution in [0.25, 0.3) is 0 Å². The molecule has 0 saturated heterocycles. The molecule has 26 heavy (non-hydrogen) atoms. The van der Waals surface area contributed by atoms with Gasteiger partial charge < -0.3 is 0 Å². The zero-order valence-electron chi connectivity index (χ0n) is 15.4. The smallest absolute Gasteiger partial charge is 0.203 e. The first-order chi connectivity index (χ1) is 12.6. The predicted molar refractivity (Wildman–Crippen MR) is 104 cm³/mol. The van der Waals surface area contributed by atoms with Gasteiger partial charge in [-0.05, 0) is 48.2 Å². The molecular formula is C24H24F2. The first-order valence-electron chi connectivity index (χ1n) is 9.11. The highest BCUT2D eigenvalue weighted by atomic mass is 19.2. The molecule has 0 heterocycles. The second-order valence-electron chi connectivity index (χ2n) is 6.24. The van der Waals surface area contributed by atoms with E-state index in [9.17, 15) is 8.78 Å². The van der Waals surface area contributed by atoms with Gasteiger partial charge in [0, 0.05) is 11.1 Å². The Labute approximate surface area is 155 Å². The lowest BCUT2D eigenvalue weighted by Gasteiger charge is -2.01. The average molecular weight is 350 g/mol. The lowest BCUT2D eigenvalue weighted by molar-refractivity contribution is 0.264. The fraction of sp³-hybridized carbons (Fsp3) is 0.333. The van der Waals surface area contributed by atoms with Crippen molar-refractivity contribution in [2.45, 2.75) is 51.9 Å². The molecule has 2 heteroatoms. The molecule has 0 nitrogen and oxygen atoms in total. The Hall–Kier alpha value is -2.58. The second kappa shape index (κ2) is 10.4. The molecule has 134 valence electrons. The topological polar surface area (TPSA) is 0 Å². The molecule has 0 radical (unpaired) electrons. The molecule has 0 saturated carbocycles. The summed E-state index contributed by atoms with van der Waals surface area (Å²) in [6.45, 7) is 4.23. The average Bonchev–Trinajstić information content (AvgIpc) is 2.67. The van der Waals surface area contributed by atoms with Crippen molar-refractivity contribution in [2.24, 2.45) is 0 Å². The number of alkyl halides is 2. The quantitative estimate of drug-likeness (QED) is 0.609. The van der Waals surface area contributed by atoms with Gasteiger partial charge in [-0.2, -0.15) is 0 Å². The van der Waals surface area contributed by atoms with Crippen molar-refractivity contribution in [1.82, 2.24) is 0 Å². The van der Waals surface area contributed by atoms with Crippen LogP contribution in [0.3, 0.4) is 0 Å². The minimum absolute atomic E-state index is 0.680. The molecule has 0 N–H and O–H groups in total. The molecule has 0 aromatic heterocycles. The van der Waals surface area contributed by atoms with E-state index in [0.717, 1.165) is 25.7 Å². The summed E-state index contributed by atoms with van der Waals surface area (Å²) in [6, 6.07) is 15.2. The van der Waals surface area contributed by atoms with Crippen LogP contribution >= 0.6 is 0 Å². The molecule has 2 aromatic carbocycles. The van der Waals surface area contributed by atoms with Crippen molar-refractivity contribution >= 4 is 0 Å². The van der Waals surface area contributed by atoms with E-state index < -0.39 is 12.3 Å². The normalized spacial score (nSPS) is 12.3. The molecule has 0 aliphatic heterocycles. The minimum Gasteiger partial charge on any atom is -0.229 e. The molecule has 0 fully saturated rings. The second-order valence-corrected chi connectivity index (χ2v) is 6.24. The van der Waals surface area contributed by atoms with Crippen LogP contribution in [0.1, 0.15) is 48.9 Å². The van der Waals surface area contributed by atoms with Gasteiger partial charge in [-0.3, -0.25) is 0 Å². The molecule has 0 bridgehead atoms. The number of benzene rings is 2. The van der Waals surface area contributed by atoms with Gasteiger partial charge in [-0.1, -0.05) is 74.6 Å². The fourth-order valence-electron chi connectivity index (χ4n) is 2.54. The number of rotatable bonds is 5. The van der Waals surface area contributed by atoms with Crippen molar-refractivity contribution in [3.8, 4) is 23.7 Å². The third-order valence-corrected chi connectivity index (χ3v) is 3.95. The predicted octanol–water partition coefficient (Wildman–Crippen LogP) is 5.67. The van der Waals surface area contributed by atoms with Crippen LogP contribution in [0.4, 0.5) is 8.78 Å². The molecule has 2 rings (SSSR count). The molecule has 0 aliphatic carbocycles. The molecule has 0 aliphatic rings. The van der Waals surface area contributed by atoms with E-state index in [-0.39, 0.29) is 0 Å². The largest absolute Gasteiger partial charge is 0.229 e. The Morgan fingerprint density at radius 2 is 1.00 bits per heavy atom. The van der Waals surface area contributed by atoms with Crippen LogP contribution in [-0.2, 0) is 12.8 Å². The summed E-state index contributed by atoms with van der Waals surface area (Å²) in [6.07, 6.45) is 0.305.